The van der Waals surface area contributed by atoms with Gasteiger partial charge in [0.2, 0.25) is 5.91 Å². The molecule has 1 N–H and O–H groups in total. The van der Waals surface area contributed by atoms with Crippen LogP contribution in [0.25, 0.3) is 0 Å². The number of nitrogens with zero attached hydrogens (tertiary/aromatic N) is 2. The summed E-state index contributed by atoms with van der Waals surface area (Å²) in [6.45, 7) is 8.27. The maximum atomic E-state index is 11.8. The van der Waals surface area contributed by atoms with Gasteiger partial charge in [-0.15, -0.1) is 0 Å². The highest BCUT2D eigenvalue weighted by atomic mass is 16.2. The summed E-state index contributed by atoms with van der Waals surface area (Å²) in [5, 5.41) is 11.5. The Morgan fingerprint density at radius 1 is 1.41 bits per heavy atom. The van der Waals surface area contributed by atoms with Gasteiger partial charge in [-0.2, -0.15) is 5.26 Å². The number of likely N-dealkylation sites (N-methyl/N-ethyl adjacent to an activating group) is 1. The first-order valence-electron chi connectivity index (χ1n) is 6.56. The van der Waals surface area contributed by atoms with E-state index in [1.807, 2.05) is 18.7 Å². The lowest BCUT2D eigenvalue weighted by molar-refractivity contribution is -0.125. The summed E-state index contributed by atoms with van der Waals surface area (Å²) in [6.07, 6.45) is 3.83. The van der Waals surface area contributed by atoms with Gasteiger partial charge in [0.25, 0.3) is 0 Å². The standard InChI is InChI=1S/C13H25N3O/c1-4-6-7-10-15-13(17)12(3)16(5-2)11-8-9-14/h12H,4-8,10-11H2,1-3H3,(H,15,17). The number of carbonyl (C=O) groups excluding carboxylic acids is 1. The van der Waals surface area contributed by atoms with Crippen LogP contribution in [0.15, 0.2) is 0 Å². The van der Waals surface area contributed by atoms with E-state index in [1.54, 1.807) is 0 Å². The molecule has 0 saturated carbocycles. The van der Waals surface area contributed by atoms with E-state index < -0.39 is 0 Å². The molecule has 0 bridgehead atoms. The van der Waals surface area contributed by atoms with E-state index in [4.69, 9.17) is 5.26 Å². The third-order valence-corrected chi connectivity index (χ3v) is 2.92. The van der Waals surface area contributed by atoms with Crippen molar-refractivity contribution >= 4 is 5.91 Å². The van der Waals surface area contributed by atoms with Crippen LogP contribution in [0.1, 0.15) is 46.5 Å². The number of rotatable bonds is 9. The van der Waals surface area contributed by atoms with Gasteiger partial charge in [-0.05, 0) is 19.9 Å². The second-order valence-corrected chi connectivity index (χ2v) is 4.21. The van der Waals surface area contributed by atoms with Crippen molar-refractivity contribution in [3.8, 4) is 6.07 Å². The molecule has 1 amide bonds. The molecule has 17 heavy (non-hydrogen) atoms. The SMILES string of the molecule is CCCCCNC(=O)C(C)N(CC)CCC#N. The predicted molar refractivity (Wildman–Crippen MR) is 69.5 cm³/mol. The largest absolute Gasteiger partial charge is 0.355 e. The van der Waals surface area contributed by atoms with Gasteiger partial charge in [-0.25, -0.2) is 0 Å². The number of hydrogen-bond acceptors (Lipinski definition) is 3. The van der Waals surface area contributed by atoms with Gasteiger partial charge in [-0.1, -0.05) is 26.7 Å². The van der Waals surface area contributed by atoms with Crippen molar-refractivity contribution < 1.29 is 4.79 Å². The fraction of sp³-hybridized carbons (Fsp3) is 0.846. The topological polar surface area (TPSA) is 56.1 Å². The molecule has 0 heterocycles. The molecule has 0 aromatic carbocycles. The minimum atomic E-state index is -0.144. The number of amides is 1. The zero-order chi connectivity index (χ0) is 13.1. The van der Waals surface area contributed by atoms with E-state index in [-0.39, 0.29) is 11.9 Å². The molecule has 0 saturated heterocycles. The van der Waals surface area contributed by atoms with Gasteiger partial charge >= 0.3 is 0 Å². The summed E-state index contributed by atoms with van der Waals surface area (Å²) in [5.74, 6) is 0.0703. The number of hydrogen-bond donors (Lipinski definition) is 1. The normalized spacial score (nSPS) is 12.2. The molecule has 0 aliphatic heterocycles. The molecule has 0 radical (unpaired) electrons. The molecule has 0 aromatic heterocycles. The van der Waals surface area contributed by atoms with Gasteiger partial charge in [0, 0.05) is 19.5 Å². The number of carbonyl (C=O) groups is 1. The highest BCUT2D eigenvalue weighted by Crippen LogP contribution is 2.00. The fourth-order valence-electron chi connectivity index (χ4n) is 1.72. The smallest absolute Gasteiger partial charge is 0.237 e. The molecular formula is C13H25N3O. The lowest BCUT2D eigenvalue weighted by Gasteiger charge is -2.25. The quantitative estimate of drug-likeness (QED) is 0.625. The Hall–Kier alpha value is -1.08. The van der Waals surface area contributed by atoms with Crippen LogP contribution in [-0.2, 0) is 4.79 Å². The second kappa shape index (κ2) is 10.1. The van der Waals surface area contributed by atoms with Crippen LogP contribution in [-0.4, -0.2) is 36.5 Å². The molecule has 4 nitrogen and oxygen atoms in total. The highest BCUT2D eigenvalue weighted by Gasteiger charge is 2.18. The van der Waals surface area contributed by atoms with Crippen molar-refractivity contribution in [2.45, 2.75) is 52.5 Å². The lowest BCUT2D eigenvalue weighted by atomic mass is 10.2. The molecule has 0 aliphatic rings. The molecule has 1 unspecified atom stereocenters. The Morgan fingerprint density at radius 3 is 2.65 bits per heavy atom. The Kier molecular flexibility index (Phi) is 9.46. The van der Waals surface area contributed by atoms with Crippen LogP contribution in [0.4, 0.5) is 0 Å². The lowest BCUT2D eigenvalue weighted by Crippen LogP contribution is -2.45. The van der Waals surface area contributed by atoms with E-state index in [1.165, 1.54) is 0 Å². The second-order valence-electron chi connectivity index (χ2n) is 4.21. The van der Waals surface area contributed by atoms with Gasteiger partial charge < -0.3 is 5.32 Å². The molecule has 4 heteroatoms. The van der Waals surface area contributed by atoms with Gasteiger partial charge in [-0.3, -0.25) is 9.69 Å². The van der Waals surface area contributed by atoms with E-state index in [0.717, 1.165) is 32.4 Å². The zero-order valence-electron chi connectivity index (χ0n) is 11.3. The summed E-state index contributed by atoms with van der Waals surface area (Å²) < 4.78 is 0. The third kappa shape index (κ3) is 6.96. The number of nitriles is 1. The Bertz CT molecular complexity index is 248. The van der Waals surface area contributed by atoms with Crippen molar-refractivity contribution in [1.29, 1.82) is 5.26 Å². The van der Waals surface area contributed by atoms with E-state index in [2.05, 4.69) is 18.3 Å². The van der Waals surface area contributed by atoms with Crippen molar-refractivity contribution in [2.24, 2.45) is 0 Å². The summed E-state index contributed by atoms with van der Waals surface area (Å²) in [6, 6.07) is 1.97. The van der Waals surface area contributed by atoms with Gasteiger partial charge in [0.05, 0.1) is 12.1 Å². The van der Waals surface area contributed by atoms with Crippen LogP contribution in [0.5, 0.6) is 0 Å². The van der Waals surface area contributed by atoms with E-state index in [9.17, 15) is 4.79 Å². The number of nitrogens with one attached hydrogen (secondary N) is 1. The molecule has 1 atom stereocenters. The van der Waals surface area contributed by atoms with Crippen molar-refractivity contribution in [2.75, 3.05) is 19.6 Å². The minimum Gasteiger partial charge on any atom is -0.355 e. The molecular weight excluding hydrogens is 214 g/mol. The zero-order valence-corrected chi connectivity index (χ0v) is 11.3. The minimum absolute atomic E-state index is 0.0703. The average molecular weight is 239 g/mol. The molecule has 0 aromatic rings. The van der Waals surface area contributed by atoms with Crippen LogP contribution >= 0.6 is 0 Å². The van der Waals surface area contributed by atoms with Gasteiger partial charge in [0.1, 0.15) is 0 Å². The van der Waals surface area contributed by atoms with Crippen molar-refractivity contribution in [3.63, 3.8) is 0 Å². The first kappa shape index (κ1) is 15.9. The molecule has 0 aliphatic carbocycles. The molecule has 0 fully saturated rings. The Morgan fingerprint density at radius 2 is 2.12 bits per heavy atom. The first-order chi connectivity index (χ1) is 8.17. The van der Waals surface area contributed by atoms with Crippen LogP contribution < -0.4 is 5.32 Å². The maximum Gasteiger partial charge on any atom is 0.237 e. The Balaban J connectivity index is 3.95. The van der Waals surface area contributed by atoms with Crippen molar-refractivity contribution in [1.82, 2.24) is 10.2 Å². The van der Waals surface area contributed by atoms with Crippen molar-refractivity contribution in [3.05, 3.63) is 0 Å². The maximum absolute atomic E-state index is 11.8. The summed E-state index contributed by atoms with van der Waals surface area (Å²) in [4.78, 5) is 13.9. The Labute approximate surface area is 105 Å². The summed E-state index contributed by atoms with van der Waals surface area (Å²) >= 11 is 0. The third-order valence-electron chi connectivity index (χ3n) is 2.92. The highest BCUT2D eigenvalue weighted by molar-refractivity contribution is 5.81. The molecule has 0 rings (SSSR count). The van der Waals surface area contributed by atoms with Crippen LogP contribution in [0, 0.1) is 11.3 Å². The molecule has 0 spiro atoms. The van der Waals surface area contributed by atoms with Crippen LogP contribution in [0.3, 0.4) is 0 Å². The first-order valence-corrected chi connectivity index (χ1v) is 6.56. The molecule has 98 valence electrons. The van der Waals surface area contributed by atoms with E-state index in [0.29, 0.717) is 13.0 Å². The van der Waals surface area contributed by atoms with E-state index >= 15 is 0 Å². The number of unbranched alkanes of at least 4 members (excludes halogenated alkanes) is 2. The monoisotopic (exact) mass is 239 g/mol. The van der Waals surface area contributed by atoms with Crippen LogP contribution in [0.2, 0.25) is 0 Å². The van der Waals surface area contributed by atoms with Gasteiger partial charge in [0.15, 0.2) is 0 Å². The predicted octanol–water partition coefficient (Wildman–Crippen LogP) is 1.92. The average Bonchev–Trinajstić information content (AvgIpc) is 2.35. The summed E-state index contributed by atoms with van der Waals surface area (Å²) in [7, 11) is 0. The summed E-state index contributed by atoms with van der Waals surface area (Å²) in [5.41, 5.74) is 0. The fourth-order valence-corrected chi connectivity index (χ4v) is 1.72.